The van der Waals surface area contributed by atoms with Gasteiger partial charge in [-0.3, -0.25) is 4.90 Å². The first-order chi connectivity index (χ1) is 17.7. The summed E-state index contributed by atoms with van der Waals surface area (Å²) in [4.78, 5) is 26.1. The molecule has 0 fully saturated rings. The van der Waals surface area contributed by atoms with Gasteiger partial charge < -0.3 is 16.0 Å². The van der Waals surface area contributed by atoms with E-state index in [0.29, 0.717) is 0 Å². The van der Waals surface area contributed by atoms with Crippen LogP contribution in [-0.4, -0.2) is 25.2 Å². The second-order valence-corrected chi connectivity index (χ2v) is 8.53. The number of benzene rings is 3. The van der Waals surface area contributed by atoms with Gasteiger partial charge in [0.15, 0.2) is 0 Å². The maximum Gasteiger partial charge on any atom is 0.416 e. The number of anilines is 3. The number of halogens is 8. The lowest BCUT2D eigenvalue weighted by Gasteiger charge is -2.24. The van der Waals surface area contributed by atoms with E-state index in [0.717, 1.165) is 41.3 Å². The van der Waals surface area contributed by atoms with Crippen LogP contribution in [0.1, 0.15) is 11.1 Å². The molecular formula is C24H18Cl2F6N4O2. The third-order valence-electron chi connectivity index (χ3n) is 4.97. The number of carbonyl (C=O) groups excluding carboxylic acids is 2. The predicted octanol–water partition coefficient (Wildman–Crippen LogP) is 7.89. The van der Waals surface area contributed by atoms with Gasteiger partial charge in [-0.2, -0.15) is 26.3 Å². The summed E-state index contributed by atoms with van der Waals surface area (Å²) >= 11 is 11.8. The first-order valence-corrected chi connectivity index (χ1v) is 11.4. The fourth-order valence-corrected chi connectivity index (χ4v) is 3.49. The van der Waals surface area contributed by atoms with E-state index in [9.17, 15) is 35.9 Å². The Bertz CT molecular complexity index is 1320. The molecule has 0 spiro atoms. The fourth-order valence-electron chi connectivity index (χ4n) is 3.19. The molecule has 202 valence electrons. The third-order valence-corrected chi connectivity index (χ3v) is 5.71. The number of hydrogen-bond acceptors (Lipinski definition) is 2. The Labute approximate surface area is 222 Å². The standard InChI is InChI=1S/C24H18Cl2F6N4O2/c25-19-8-7-17(13-20(19)26)35-22(38)36(18-6-2-4-15(12-18)24(30,31)32)10-9-33-21(37)34-16-5-1-3-14(11-16)23(27,28)29/h1-8,11-13H,9-10H2,(H,35,38)(H2,33,34,37). The molecule has 0 saturated carbocycles. The van der Waals surface area contributed by atoms with Crippen molar-refractivity contribution in [1.82, 2.24) is 5.32 Å². The lowest BCUT2D eigenvalue weighted by molar-refractivity contribution is -0.138. The van der Waals surface area contributed by atoms with Gasteiger partial charge in [-0.05, 0) is 54.6 Å². The van der Waals surface area contributed by atoms with Gasteiger partial charge >= 0.3 is 24.4 Å². The van der Waals surface area contributed by atoms with Gasteiger partial charge in [-0.25, -0.2) is 9.59 Å². The molecular weight excluding hydrogens is 561 g/mol. The Kier molecular flexibility index (Phi) is 9.00. The van der Waals surface area contributed by atoms with E-state index < -0.39 is 35.5 Å². The van der Waals surface area contributed by atoms with Crippen LogP contribution in [0.25, 0.3) is 0 Å². The van der Waals surface area contributed by atoms with Gasteiger partial charge in [0, 0.05) is 30.2 Å². The fraction of sp³-hybridized carbons (Fsp3) is 0.167. The Morgan fingerprint density at radius 1 is 0.737 bits per heavy atom. The average Bonchev–Trinajstić information content (AvgIpc) is 2.83. The molecule has 0 aliphatic carbocycles. The number of nitrogens with zero attached hydrogens (tertiary/aromatic N) is 1. The van der Waals surface area contributed by atoms with Crippen molar-refractivity contribution in [1.29, 1.82) is 0 Å². The van der Waals surface area contributed by atoms with Crippen LogP contribution in [0.5, 0.6) is 0 Å². The highest BCUT2D eigenvalue weighted by molar-refractivity contribution is 6.42. The summed E-state index contributed by atoms with van der Waals surface area (Å²) in [6.45, 7) is -0.569. The molecule has 14 heteroatoms. The van der Waals surface area contributed by atoms with Crippen molar-refractivity contribution in [2.45, 2.75) is 12.4 Å². The van der Waals surface area contributed by atoms with Gasteiger partial charge in [0.2, 0.25) is 0 Å². The lowest BCUT2D eigenvalue weighted by atomic mass is 10.2. The topological polar surface area (TPSA) is 73.5 Å². The highest BCUT2D eigenvalue weighted by Crippen LogP contribution is 2.32. The Morgan fingerprint density at radius 2 is 1.34 bits per heavy atom. The van der Waals surface area contributed by atoms with E-state index in [1.165, 1.54) is 30.3 Å². The smallest absolute Gasteiger partial charge is 0.336 e. The molecule has 4 amide bonds. The van der Waals surface area contributed by atoms with Gasteiger partial charge in [-0.15, -0.1) is 0 Å². The Hall–Kier alpha value is -3.64. The molecule has 0 atom stereocenters. The maximum absolute atomic E-state index is 13.2. The summed E-state index contributed by atoms with van der Waals surface area (Å²) in [6.07, 6.45) is -9.29. The highest BCUT2D eigenvalue weighted by atomic mass is 35.5. The molecule has 0 aliphatic rings. The zero-order chi connectivity index (χ0) is 28.1. The molecule has 6 nitrogen and oxygen atoms in total. The van der Waals surface area contributed by atoms with E-state index in [1.807, 2.05) is 0 Å². The maximum atomic E-state index is 13.2. The van der Waals surface area contributed by atoms with Crippen molar-refractivity contribution < 1.29 is 35.9 Å². The van der Waals surface area contributed by atoms with Crippen molar-refractivity contribution in [3.8, 4) is 0 Å². The van der Waals surface area contributed by atoms with Gasteiger partial charge in [-0.1, -0.05) is 35.3 Å². The molecule has 0 aromatic heterocycles. The molecule has 0 heterocycles. The summed E-state index contributed by atoms with van der Waals surface area (Å²) in [5.41, 5.74) is -2.03. The Balaban J connectivity index is 1.74. The third kappa shape index (κ3) is 7.93. The van der Waals surface area contributed by atoms with E-state index in [4.69, 9.17) is 23.2 Å². The monoisotopic (exact) mass is 578 g/mol. The zero-order valence-corrected chi connectivity index (χ0v) is 20.6. The second-order valence-electron chi connectivity index (χ2n) is 7.72. The van der Waals surface area contributed by atoms with Crippen LogP contribution in [0.15, 0.2) is 66.7 Å². The normalized spacial score (nSPS) is 11.6. The van der Waals surface area contributed by atoms with Crippen LogP contribution < -0.4 is 20.9 Å². The van der Waals surface area contributed by atoms with E-state index in [2.05, 4.69) is 16.0 Å². The van der Waals surface area contributed by atoms with E-state index >= 15 is 0 Å². The summed E-state index contributed by atoms with van der Waals surface area (Å²) in [5.74, 6) is 0. The summed E-state index contributed by atoms with van der Waals surface area (Å²) in [7, 11) is 0. The Morgan fingerprint density at radius 3 is 1.97 bits per heavy atom. The van der Waals surface area contributed by atoms with Crippen molar-refractivity contribution in [2.75, 3.05) is 28.6 Å². The first kappa shape index (κ1) is 28.9. The zero-order valence-electron chi connectivity index (χ0n) is 19.1. The second kappa shape index (κ2) is 11.8. The predicted molar refractivity (Wildman–Crippen MR) is 133 cm³/mol. The van der Waals surface area contributed by atoms with Crippen LogP contribution in [0.2, 0.25) is 10.0 Å². The molecule has 0 radical (unpaired) electrons. The molecule has 3 aromatic rings. The molecule has 3 rings (SSSR count). The van der Waals surface area contributed by atoms with Crippen molar-refractivity contribution in [3.05, 3.63) is 87.9 Å². The van der Waals surface area contributed by atoms with Gasteiger partial charge in [0.05, 0.1) is 21.2 Å². The number of hydrogen-bond donors (Lipinski definition) is 3. The number of carbonyl (C=O) groups is 2. The number of amides is 4. The van der Waals surface area contributed by atoms with Crippen LogP contribution in [0.4, 0.5) is 53.0 Å². The largest absolute Gasteiger partial charge is 0.416 e. The molecule has 3 aromatic carbocycles. The number of rotatable bonds is 6. The van der Waals surface area contributed by atoms with Crippen molar-refractivity contribution in [2.24, 2.45) is 0 Å². The minimum Gasteiger partial charge on any atom is -0.336 e. The average molecular weight is 579 g/mol. The van der Waals surface area contributed by atoms with Gasteiger partial charge in [0.1, 0.15) is 0 Å². The molecule has 0 bridgehead atoms. The van der Waals surface area contributed by atoms with Crippen molar-refractivity contribution in [3.63, 3.8) is 0 Å². The van der Waals surface area contributed by atoms with Crippen LogP contribution in [-0.2, 0) is 12.4 Å². The minimum absolute atomic E-state index is 0.127. The van der Waals surface area contributed by atoms with Gasteiger partial charge in [0.25, 0.3) is 0 Å². The SMILES string of the molecule is O=C(NCCN(C(=O)Nc1ccc(Cl)c(Cl)c1)c1cccc(C(F)(F)F)c1)Nc1cccc(C(F)(F)F)c1. The molecule has 0 aliphatic heterocycles. The summed E-state index contributed by atoms with van der Waals surface area (Å²) < 4.78 is 78.4. The molecule has 3 N–H and O–H groups in total. The molecule has 0 saturated heterocycles. The number of nitrogens with one attached hydrogen (secondary N) is 3. The van der Waals surface area contributed by atoms with Crippen LogP contribution in [0, 0.1) is 0 Å². The minimum atomic E-state index is -4.68. The first-order valence-electron chi connectivity index (χ1n) is 10.7. The lowest BCUT2D eigenvalue weighted by Crippen LogP contribution is -2.42. The van der Waals surface area contributed by atoms with Crippen LogP contribution in [0.3, 0.4) is 0 Å². The van der Waals surface area contributed by atoms with Crippen LogP contribution >= 0.6 is 23.2 Å². The van der Waals surface area contributed by atoms with E-state index in [1.54, 1.807) is 0 Å². The molecule has 38 heavy (non-hydrogen) atoms. The summed E-state index contributed by atoms with van der Waals surface area (Å²) in [6, 6.07) is 10.4. The summed E-state index contributed by atoms with van der Waals surface area (Å²) in [5, 5.41) is 7.43. The highest BCUT2D eigenvalue weighted by Gasteiger charge is 2.32. The number of alkyl halides is 6. The molecule has 0 unspecified atom stereocenters. The van der Waals surface area contributed by atoms with E-state index in [-0.39, 0.29) is 40.2 Å². The number of urea groups is 2. The quantitative estimate of drug-likeness (QED) is 0.260. The van der Waals surface area contributed by atoms with Crippen molar-refractivity contribution >= 4 is 52.3 Å².